The zero-order chi connectivity index (χ0) is 18.4. The van der Waals surface area contributed by atoms with E-state index in [1.807, 2.05) is 0 Å². The topological polar surface area (TPSA) is 71.8 Å². The molecule has 26 heavy (non-hydrogen) atoms. The van der Waals surface area contributed by atoms with Gasteiger partial charge in [-0.15, -0.1) is 0 Å². The Bertz CT molecular complexity index is 822. The van der Waals surface area contributed by atoms with Gasteiger partial charge in [-0.3, -0.25) is 4.79 Å². The average Bonchev–Trinajstić information content (AvgIpc) is 2.91. The van der Waals surface area contributed by atoms with Gasteiger partial charge in [-0.2, -0.15) is 18.3 Å². The second-order valence-corrected chi connectivity index (χ2v) is 6.84. The summed E-state index contributed by atoms with van der Waals surface area (Å²) in [5.74, 6) is 0.905. The van der Waals surface area contributed by atoms with E-state index in [1.165, 1.54) is 12.1 Å². The summed E-state index contributed by atoms with van der Waals surface area (Å²) in [5.41, 5.74) is -0.547. The van der Waals surface area contributed by atoms with Crippen LogP contribution in [0, 0.1) is 0 Å². The molecule has 0 aliphatic carbocycles. The molecule has 4 rings (SSSR count). The zero-order valence-corrected chi connectivity index (χ0v) is 13.9. The van der Waals surface area contributed by atoms with Crippen LogP contribution in [0.2, 0.25) is 0 Å². The van der Waals surface area contributed by atoms with Crippen molar-refractivity contribution in [2.75, 3.05) is 13.1 Å². The molecule has 1 aromatic heterocycles. The number of hydrogen-bond donors (Lipinski definition) is 2. The molecule has 2 aliphatic heterocycles. The van der Waals surface area contributed by atoms with Crippen LogP contribution in [-0.2, 0) is 23.9 Å². The zero-order valence-electron chi connectivity index (χ0n) is 13.9. The number of aromatic nitrogens is 3. The Balaban J connectivity index is 1.65. The van der Waals surface area contributed by atoms with Crippen molar-refractivity contribution in [3.8, 4) is 11.4 Å². The number of benzene rings is 1. The van der Waals surface area contributed by atoms with Crippen molar-refractivity contribution < 1.29 is 18.0 Å². The molecule has 2 aliphatic rings. The summed E-state index contributed by atoms with van der Waals surface area (Å²) in [6.07, 6.45) is -2.20. The lowest BCUT2D eigenvalue weighted by atomic mass is 9.85. The van der Waals surface area contributed by atoms with Crippen LogP contribution in [0.25, 0.3) is 11.4 Å². The first-order chi connectivity index (χ1) is 12.3. The molecule has 138 valence electrons. The number of rotatable bonds is 1. The van der Waals surface area contributed by atoms with Crippen LogP contribution < -0.4 is 10.6 Å². The second-order valence-electron chi connectivity index (χ2n) is 6.84. The largest absolute Gasteiger partial charge is 0.416 e. The van der Waals surface area contributed by atoms with E-state index in [0.29, 0.717) is 23.6 Å². The number of nitrogens with zero attached hydrogens (tertiary/aromatic N) is 3. The lowest BCUT2D eigenvalue weighted by Crippen LogP contribution is -2.55. The van der Waals surface area contributed by atoms with Crippen LogP contribution in [-0.4, -0.2) is 39.3 Å². The molecule has 1 saturated heterocycles. The highest BCUT2D eigenvalue weighted by atomic mass is 19.4. The lowest BCUT2D eigenvalue weighted by molar-refractivity contribution is -0.137. The predicted octanol–water partition coefficient (Wildman–Crippen LogP) is 1.76. The molecule has 6 nitrogen and oxygen atoms in total. The van der Waals surface area contributed by atoms with Gasteiger partial charge in [0.2, 0.25) is 5.91 Å². The van der Waals surface area contributed by atoms with E-state index in [9.17, 15) is 18.0 Å². The van der Waals surface area contributed by atoms with Crippen LogP contribution in [0.3, 0.4) is 0 Å². The van der Waals surface area contributed by atoms with E-state index in [0.717, 1.165) is 38.1 Å². The molecular weight excluding hydrogens is 347 g/mol. The van der Waals surface area contributed by atoms with Gasteiger partial charge < -0.3 is 10.6 Å². The summed E-state index contributed by atoms with van der Waals surface area (Å²) in [7, 11) is 0. The molecule has 0 radical (unpaired) electrons. The molecule has 1 fully saturated rings. The number of halogens is 3. The van der Waals surface area contributed by atoms with Gasteiger partial charge in [0.15, 0.2) is 5.82 Å². The molecule has 3 heterocycles. The minimum absolute atomic E-state index is 0.0676. The fourth-order valence-electron chi connectivity index (χ4n) is 3.59. The SMILES string of the molecule is O=C1Cn2nc(-c3ccc(C(F)(F)F)cc3)nc2CC2(CCNCC2)N1. The van der Waals surface area contributed by atoms with Gasteiger partial charge in [0.05, 0.1) is 5.56 Å². The Kier molecular flexibility index (Phi) is 3.98. The number of hydrogen-bond acceptors (Lipinski definition) is 4. The number of carbonyl (C=O) groups excluding carboxylic acids is 1. The van der Waals surface area contributed by atoms with E-state index in [-0.39, 0.29) is 18.0 Å². The quantitative estimate of drug-likeness (QED) is 0.808. The third-order valence-corrected chi connectivity index (χ3v) is 4.97. The summed E-state index contributed by atoms with van der Waals surface area (Å²) in [6, 6.07) is 4.75. The smallest absolute Gasteiger partial charge is 0.349 e. The van der Waals surface area contributed by atoms with Crippen molar-refractivity contribution in [1.29, 1.82) is 0 Å². The van der Waals surface area contributed by atoms with Crippen LogP contribution in [0.5, 0.6) is 0 Å². The Hall–Kier alpha value is -2.42. The van der Waals surface area contributed by atoms with E-state index in [4.69, 9.17) is 0 Å². The highest BCUT2D eigenvalue weighted by Gasteiger charge is 2.38. The van der Waals surface area contributed by atoms with Crippen LogP contribution in [0.4, 0.5) is 13.2 Å². The van der Waals surface area contributed by atoms with E-state index < -0.39 is 11.7 Å². The first kappa shape index (κ1) is 17.0. The summed E-state index contributed by atoms with van der Waals surface area (Å²) in [6.45, 7) is 1.71. The van der Waals surface area contributed by atoms with E-state index >= 15 is 0 Å². The van der Waals surface area contributed by atoms with Gasteiger partial charge in [0.1, 0.15) is 12.4 Å². The molecule has 0 bridgehead atoms. The van der Waals surface area contributed by atoms with Crippen molar-refractivity contribution in [2.24, 2.45) is 0 Å². The standard InChI is InChI=1S/C17H18F3N5O/c18-17(19,20)12-3-1-11(2-4-12)15-22-13-9-16(5-7-21-8-6-16)23-14(26)10-25(13)24-15/h1-4,21H,5-10H2,(H,23,26). The molecule has 1 aromatic carbocycles. The summed E-state index contributed by atoms with van der Waals surface area (Å²) in [4.78, 5) is 16.8. The van der Waals surface area contributed by atoms with Gasteiger partial charge in [-0.25, -0.2) is 9.67 Å². The van der Waals surface area contributed by atoms with Crippen LogP contribution in [0.15, 0.2) is 24.3 Å². The Morgan fingerprint density at radius 1 is 1.12 bits per heavy atom. The molecule has 0 unspecified atom stereocenters. The van der Waals surface area contributed by atoms with Gasteiger partial charge in [-0.1, -0.05) is 12.1 Å². The maximum absolute atomic E-state index is 12.7. The van der Waals surface area contributed by atoms with Crippen LogP contribution >= 0.6 is 0 Å². The van der Waals surface area contributed by atoms with Gasteiger partial charge in [-0.05, 0) is 38.1 Å². The fraction of sp³-hybridized carbons (Fsp3) is 0.471. The summed E-state index contributed by atoms with van der Waals surface area (Å²) in [5, 5.41) is 10.7. The van der Waals surface area contributed by atoms with Crippen molar-refractivity contribution >= 4 is 5.91 Å². The summed E-state index contributed by atoms with van der Waals surface area (Å²) >= 11 is 0. The summed E-state index contributed by atoms with van der Waals surface area (Å²) < 4.78 is 39.7. The van der Waals surface area contributed by atoms with Crippen LogP contribution in [0.1, 0.15) is 24.2 Å². The Morgan fingerprint density at radius 2 is 1.81 bits per heavy atom. The fourth-order valence-corrected chi connectivity index (χ4v) is 3.59. The van der Waals surface area contributed by atoms with Gasteiger partial charge in [0.25, 0.3) is 0 Å². The van der Waals surface area contributed by atoms with Crippen molar-refractivity contribution in [3.05, 3.63) is 35.7 Å². The number of amides is 1. The highest BCUT2D eigenvalue weighted by Crippen LogP contribution is 2.31. The van der Waals surface area contributed by atoms with E-state index in [2.05, 4.69) is 20.7 Å². The molecular formula is C17H18F3N5O. The maximum Gasteiger partial charge on any atom is 0.416 e. The minimum atomic E-state index is -4.38. The molecule has 0 saturated carbocycles. The van der Waals surface area contributed by atoms with Gasteiger partial charge in [0, 0.05) is 17.5 Å². The second kappa shape index (κ2) is 6.08. The molecule has 2 N–H and O–H groups in total. The molecule has 9 heteroatoms. The number of nitrogens with one attached hydrogen (secondary N) is 2. The highest BCUT2D eigenvalue weighted by molar-refractivity contribution is 5.77. The average molecular weight is 365 g/mol. The van der Waals surface area contributed by atoms with E-state index in [1.54, 1.807) is 4.68 Å². The predicted molar refractivity (Wildman–Crippen MR) is 87.1 cm³/mol. The minimum Gasteiger partial charge on any atom is -0.349 e. The Labute approximate surface area is 147 Å². The first-order valence-corrected chi connectivity index (χ1v) is 8.48. The molecule has 1 spiro atoms. The monoisotopic (exact) mass is 365 g/mol. The molecule has 2 aromatic rings. The van der Waals surface area contributed by atoms with Crippen molar-refractivity contribution in [2.45, 2.75) is 37.5 Å². The lowest BCUT2D eigenvalue weighted by Gasteiger charge is -2.36. The normalized spacial score (nSPS) is 19.7. The maximum atomic E-state index is 12.7. The third kappa shape index (κ3) is 3.18. The first-order valence-electron chi connectivity index (χ1n) is 8.48. The van der Waals surface area contributed by atoms with Crippen molar-refractivity contribution in [3.63, 3.8) is 0 Å². The molecule has 1 amide bonds. The number of carbonyl (C=O) groups is 1. The van der Waals surface area contributed by atoms with Crippen molar-refractivity contribution in [1.82, 2.24) is 25.4 Å². The van der Waals surface area contributed by atoms with Gasteiger partial charge >= 0.3 is 6.18 Å². The number of piperidine rings is 1. The third-order valence-electron chi connectivity index (χ3n) is 4.97. The number of alkyl halides is 3. The Morgan fingerprint density at radius 3 is 2.46 bits per heavy atom. The molecule has 0 atom stereocenters. The number of fused-ring (bicyclic) bond motifs is 1.